The monoisotopic (exact) mass is 443 g/mol. The molecule has 1 aliphatic rings. The molecule has 4 rings (SSSR count). The van der Waals surface area contributed by atoms with Gasteiger partial charge in [-0.05, 0) is 47.4 Å². The summed E-state index contributed by atoms with van der Waals surface area (Å²) >= 11 is 0. The number of carbonyl (C=O) groups excluding carboxylic acids is 2. The van der Waals surface area contributed by atoms with E-state index in [0.29, 0.717) is 31.6 Å². The molecule has 0 unspecified atom stereocenters. The number of carbonyl (C=O) groups is 2. The molecule has 0 spiro atoms. The number of aromatic nitrogens is 1. The molecule has 0 radical (unpaired) electrons. The number of nitrogens with zero attached hydrogens (tertiary/aromatic N) is 3. The van der Waals surface area contributed by atoms with Crippen LogP contribution in [0.25, 0.3) is 11.1 Å². The molecular formula is C27H26FN3O2. The van der Waals surface area contributed by atoms with Crippen LogP contribution in [-0.2, 0) is 11.2 Å². The van der Waals surface area contributed by atoms with Crippen LogP contribution in [0.4, 0.5) is 4.39 Å². The highest BCUT2D eigenvalue weighted by Gasteiger charge is 2.32. The fourth-order valence-electron chi connectivity index (χ4n) is 4.17. The maximum atomic E-state index is 13.7. The zero-order chi connectivity index (χ0) is 23.2. The molecule has 1 fully saturated rings. The van der Waals surface area contributed by atoms with Crippen molar-refractivity contribution in [3.05, 3.63) is 103 Å². The zero-order valence-electron chi connectivity index (χ0n) is 18.4. The fraction of sp³-hybridized carbons (Fsp3) is 0.222. The van der Waals surface area contributed by atoms with Crippen molar-refractivity contribution in [2.45, 2.75) is 6.42 Å². The van der Waals surface area contributed by atoms with Crippen LogP contribution in [0.5, 0.6) is 0 Å². The summed E-state index contributed by atoms with van der Waals surface area (Å²) in [4.78, 5) is 33.9. The average Bonchev–Trinajstić information content (AvgIpc) is 2.99. The number of benzene rings is 2. The van der Waals surface area contributed by atoms with E-state index in [1.54, 1.807) is 28.1 Å². The summed E-state index contributed by atoms with van der Waals surface area (Å²) < 4.78 is 13.7. The molecule has 2 heterocycles. The van der Waals surface area contributed by atoms with E-state index < -0.39 is 11.7 Å². The minimum absolute atomic E-state index is 0.000720. The summed E-state index contributed by atoms with van der Waals surface area (Å²) in [5, 5.41) is 0. The lowest BCUT2D eigenvalue weighted by atomic mass is 9.95. The molecule has 3 aromatic rings. The number of hydrogen-bond acceptors (Lipinski definition) is 3. The first-order chi connectivity index (χ1) is 16.0. The van der Waals surface area contributed by atoms with Gasteiger partial charge in [-0.15, -0.1) is 6.58 Å². The van der Waals surface area contributed by atoms with Crippen molar-refractivity contribution in [1.29, 1.82) is 0 Å². The fourth-order valence-corrected chi connectivity index (χ4v) is 4.17. The minimum atomic E-state index is -0.453. The van der Waals surface area contributed by atoms with E-state index in [1.165, 1.54) is 18.2 Å². The molecular weight excluding hydrogens is 417 g/mol. The molecule has 0 N–H and O–H groups in total. The van der Waals surface area contributed by atoms with Crippen molar-refractivity contribution >= 4 is 11.8 Å². The number of amides is 2. The van der Waals surface area contributed by atoms with Gasteiger partial charge in [0.05, 0.1) is 5.92 Å². The van der Waals surface area contributed by atoms with Gasteiger partial charge in [-0.3, -0.25) is 14.6 Å². The van der Waals surface area contributed by atoms with Crippen molar-refractivity contribution < 1.29 is 14.0 Å². The molecule has 1 atom stereocenters. The van der Waals surface area contributed by atoms with Crippen LogP contribution in [0.1, 0.15) is 15.9 Å². The van der Waals surface area contributed by atoms with Crippen LogP contribution in [0.2, 0.25) is 0 Å². The van der Waals surface area contributed by atoms with Crippen molar-refractivity contribution in [2.24, 2.45) is 5.92 Å². The number of pyridine rings is 1. The number of rotatable bonds is 6. The van der Waals surface area contributed by atoms with E-state index in [2.05, 4.69) is 11.6 Å². The van der Waals surface area contributed by atoms with Gasteiger partial charge in [-0.25, -0.2) is 4.39 Å². The SMILES string of the molecule is C=CCN1CCN(C(=O)c2cccc(F)c2)C[C@H](Cc2ccc(-c3cccnc3)cc2)C1=O. The van der Waals surface area contributed by atoms with Crippen LogP contribution in [0, 0.1) is 11.7 Å². The van der Waals surface area contributed by atoms with Crippen LogP contribution >= 0.6 is 0 Å². The second kappa shape index (κ2) is 10.2. The Hall–Kier alpha value is -3.80. The number of hydrogen-bond donors (Lipinski definition) is 0. The van der Waals surface area contributed by atoms with Gasteiger partial charge in [0.1, 0.15) is 5.82 Å². The Bertz CT molecular complexity index is 1130. The highest BCUT2D eigenvalue weighted by Crippen LogP contribution is 2.22. The smallest absolute Gasteiger partial charge is 0.254 e. The first kappa shape index (κ1) is 22.4. The molecule has 5 nitrogen and oxygen atoms in total. The molecule has 1 aromatic heterocycles. The third-order valence-corrected chi connectivity index (χ3v) is 5.88. The Kier molecular flexibility index (Phi) is 6.93. The second-order valence-electron chi connectivity index (χ2n) is 8.17. The van der Waals surface area contributed by atoms with Crippen molar-refractivity contribution in [1.82, 2.24) is 14.8 Å². The summed E-state index contributed by atoms with van der Waals surface area (Å²) in [5.41, 5.74) is 3.38. The van der Waals surface area contributed by atoms with Gasteiger partial charge in [0.2, 0.25) is 5.91 Å². The van der Waals surface area contributed by atoms with E-state index in [-0.39, 0.29) is 18.4 Å². The predicted octanol–water partition coefficient (Wildman–Crippen LogP) is 4.22. The quantitative estimate of drug-likeness (QED) is 0.536. The Balaban J connectivity index is 1.55. The highest BCUT2D eigenvalue weighted by atomic mass is 19.1. The molecule has 1 aliphatic heterocycles. The molecule has 168 valence electrons. The lowest BCUT2D eigenvalue weighted by molar-refractivity contribution is -0.134. The summed E-state index contributed by atoms with van der Waals surface area (Å²) in [5.74, 6) is -1.11. The lowest BCUT2D eigenvalue weighted by Gasteiger charge is -2.24. The summed E-state index contributed by atoms with van der Waals surface area (Å²) in [6, 6.07) is 17.6. The van der Waals surface area contributed by atoms with Gasteiger partial charge in [0, 0.05) is 44.1 Å². The average molecular weight is 444 g/mol. The first-order valence-corrected chi connectivity index (χ1v) is 11.0. The predicted molar refractivity (Wildman–Crippen MR) is 126 cm³/mol. The van der Waals surface area contributed by atoms with E-state index in [9.17, 15) is 14.0 Å². The van der Waals surface area contributed by atoms with E-state index >= 15 is 0 Å². The zero-order valence-corrected chi connectivity index (χ0v) is 18.4. The molecule has 33 heavy (non-hydrogen) atoms. The maximum Gasteiger partial charge on any atom is 0.254 e. The Labute approximate surface area is 193 Å². The third kappa shape index (κ3) is 5.34. The minimum Gasteiger partial charge on any atom is -0.337 e. The molecule has 2 amide bonds. The molecule has 0 aliphatic carbocycles. The lowest BCUT2D eigenvalue weighted by Crippen LogP contribution is -2.38. The third-order valence-electron chi connectivity index (χ3n) is 5.88. The van der Waals surface area contributed by atoms with Crippen molar-refractivity contribution in [3.8, 4) is 11.1 Å². The normalized spacial score (nSPS) is 16.4. The van der Waals surface area contributed by atoms with Crippen molar-refractivity contribution in [2.75, 3.05) is 26.2 Å². The molecule has 6 heteroatoms. The summed E-state index contributed by atoms with van der Waals surface area (Å²) in [6.07, 6.45) is 5.75. The van der Waals surface area contributed by atoms with Crippen LogP contribution in [0.15, 0.2) is 85.7 Å². The van der Waals surface area contributed by atoms with Gasteiger partial charge in [-0.2, -0.15) is 0 Å². The first-order valence-electron chi connectivity index (χ1n) is 11.0. The van der Waals surface area contributed by atoms with Gasteiger partial charge < -0.3 is 9.80 Å². The standard InChI is InChI=1S/C27H26FN3O2/c1-2-13-30-14-15-31(26(32)22-5-3-7-25(28)17-22)19-24(27(30)33)16-20-8-10-21(11-9-20)23-6-4-12-29-18-23/h2-12,17-18,24H,1,13-16,19H2/t24-/m0/s1. The molecule has 2 aromatic carbocycles. The molecule has 0 saturated carbocycles. The van der Waals surface area contributed by atoms with Crippen LogP contribution in [-0.4, -0.2) is 52.8 Å². The second-order valence-corrected chi connectivity index (χ2v) is 8.17. The molecule has 1 saturated heterocycles. The van der Waals surface area contributed by atoms with Gasteiger partial charge >= 0.3 is 0 Å². The number of halogens is 1. The summed E-state index contributed by atoms with van der Waals surface area (Å²) in [6.45, 7) is 5.28. The van der Waals surface area contributed by atoms with Gasteiger partial charge in [0.25, 0.3) is 5.91 Å². The topological polar surface area (TPSA) is 53.5 Å². The van der Waals surface area contributed by atoms with Crippen molar-refractivity contribution in [3.63, 3.8) is 0 Å². The van der Waals surface area contributed by atoms with Crippen LogP contribution in [0.3, 0.4) is 0 Å². The maximum absolute atomic E-state index is 13.7. The summed E-state index contributed by atoms with van der Waals surface area (Å²) in [7, 11) is 0. The Morgan fingerprint density at radius 2 is 1.91 bits per heavy atom. The van der Waals surface area contributed by atoms with Gasteiger partial charge in [-0.1, -0.05) is 42.5 Å². The van der Waals surface area contributed by atoms with Gasteiger partial charge in [0.15, 0.2) is 0 Å². The van der Waals surface area contributed by atoms with E-state index in [0.717, 1.165) is 16.7 Å². The van der Waals surface area contributed by atoms with E-state index in [1.807, 2.05) is 42.6 Å². The largest absolute Gasteiger partial charge is 0.337 e. The van der Waals surface area contributed by atoms with Crippen LogP contribution < -0.4 is 0 Å². The molecule has 0 bridgehead atoms. The Morgan fingerprint density at radius 3 is 2.61 bits per heavy atom. The van der Waals surface area contributed by atoms with E-state index in [4.69, 9.17) is 0 Å². The highest BCUT2D eigenvalue weighted by molar-refractivity contribution is 5.95. The Morgan fingerprint density at radius 1 is 1.09 bits per heavy atom.